The second-order valence-electron chi connectivity index (χ2n) is 14.0. The molecule has 0 unspecified atom stereocenters. The Bertz CT molecular complexity index is 3160. The number of fused-ring (bicyclic) bond motifs is 7. The lowest BCUT2D eigenvalue weighted by atomic mass is 9.93. The SMILES string of the molecule is c1ccc(-c2nc(-c3ccccc3)nc(-n3c4ccccc4c4c5c6ccccc6n(-c6cccc(-c7ccccc7)c6-c6ccccc6)c5ccc43)n2)cc1. The fourth-order valence-corrected chi connectivity index (χ4v) is 8.38. The normalized spacial score (nSPS) is 11.6. The van der Waals surface area contributed by atoms with Gasteiger partial charge in [0.2, 0.25) is 5.95 Å². The van der Waals surface area contributed by atoms with Gasteiger partial charge in [0, 0.05) is 38.2 Å². The van der Waals surface area contributed by atoms with Crippen LogP contribution in [0.5, 0.6) is 0 Å². The first-order valence-electron chi connectivity index (χ1n) is 18.9. The summed E-state index contributed by atoms with van der Waals surface area (Å²) >= 11 is 0. The van der Waals surface area contributed by atoms with E-state index < -0.39 is 0 Å². The first-order chi connectivity index (χ1) is 27.8. The van der Waals surface area contributed by atoms with E-state index in [4.69, 9.17) is 15.0 Å². The maximum atomic E-state index is 5.19. The van der Waals surface area contributed by atoms with E-state index in [-0.39, 0.29) is 0 Å². The zero-order chi connectivity index (χ0) is 37.0. The molecule has 0 saturated carbocycles. The van der Waals surface area contributed by atoms with Crippen LogP contribution in [-0.4, -0.2) is 24.1 Å². The molecule has 11 aromatic rings. The van der Waals surface area contributed by atoms with E-state index in [0.29, 0.717) is 17.6 Å². The van der Waals surface area contributed by atoms with Gasteiger partial charge in [-0.15, -0.1) is 0 Å². The maximum Gasteiger partial charge on any atom is 0.238 e. The van der Waals surface area contributed by atoms with Crippen molar-refractivity contribution >= 4 is 43.6 Å². The first kappa shape index (κ1) is 31.9. The number of hydrogen-bond donors (Lipinski definition) is 0. The Hall–Kier alpha value is -7.63. The molecule has 0 aliphatic rings. The molecule has 0 N–H and O–H groups in total. The summed E-state index contributed by atoms with van der Waals surface area (Å²) in [4.78, 5) is 15.4. The molecule has 262 valence electrons. The van der Waals surface area contributed by atoms with Crippen LogP contribution in [-0.2, 0) is 0 Å². The van der Waals surface area contributed by atoms with Gasteiger partial charge in [0.1, 0.15) is 0 Å². The molecule has 56 heavy (non-hydrogen) atoms. The van der Waals surface area contributed by atoms with E-state index in [2.05, 4.69) is 173 Å². The van der Waals surface area contributed by atoms with Crippen LogP contribution in [0.15, 0.2) is 200 Å². The lowest BCUT2D eigenvalue weighted by molar-refractivity contribution is 0.953. The van der Waals surface area contributed by atoms with Gasteiger partial charge in [-0.05, 0) is 47.0 Å². The third kappa shape index (κ3) is 5.06. The van der Waals surface area contributed by atoms with Gasteiger partial charge in [0.25, 0.3) is 0 Å². The van der Waals surface area contributed by atoms with Crippen molar-refractivity contribution in [3.63, 3.8) is 0 Å². The Labute approximate surface area is 323 Å². The topological polar surface area (TPSA) is 48.5 Å². The second-order valence-corrected chi connectivity index (χ2v) is 14.0. The Morgan fingerprint density at radius 2 is 0.750 bits per heavy atom. The van der Waals surface area contributed by atoms with E-state index in [1.54, 1.807) is 0 Å². The predicted octanol–water partition coefficient (Wildman–Crippen LogP) is 12.7. The molecule has 0 aliphatic carbocycles. The van der Waals surface area contributed by atoms with Crippen LogP contribution < -0.4 is 0 Å². The summed E-state index contributed by atoms with van der Waals surface area (Å²) in [6.07, 6.45) is 0. The molecule has 3 aromatic heterocycles. The van der Waals surface area contributed by atoms with Crippen molar-refractivity contribution in [2.45, 2.75) is 0 Å². The summed E-state index contributed by atoms with van der Waals surface area (Å²) in [6.45, 7) is 0. The molecular formula is C51H33N5. The van der Waals surface area contributed by atoms with Crippen LogP contribution in [0, 0.1) is 0 Å². The number of rotatable bonds is 6. The van der Waals surface area contributed by atoms with E-state index in [1.807, 2.05) is 36.4 Å². The number of nitrogens with zero attached hydrogens (tertiary/aromatic N) is 5. The number of aromatic nitrogens is 5. The summed E-state index contributed by atoms with van der Waals surface area (Å²) in [5.41, 5.74) is 12.1. The minimum absolute atomic E-state index is 0.578. The standard InChI is InChI=1S/C51H33N5/c1-5-18-34(19-6-1)38-28-17-31-43(46(38)35-20-7-2-8-21-35)55-41-29-15-13-26-39(41)47-44(55)32-33-45-48(47)40-27-14-16-30-42(40)56(45)51-53-49(36-22-9-3-10-23-36)52-50(54-51)37-24-11-4-12-25-37/h1-33H. The molecule has 5 heteroatoms. The molecule has 0 spiro atoms. The summed E-state index contributed by atoms with van der Waals surface area (Å²) in [6, 6.07) is 70.4. The van der Waals surface area contributed by atoms with Gasteiger partial charge >= 0.3 is 0 Å². The Kier molecular flexibility index (Phi) is 7.42. The zero-order valence-corrected chi connectivity index (χ0v) is 30.3. The molecular weight excluding hydrogens is 683 g/mol. The molecule has 11 rings (SSSR count). The largest absolute Gasteiger partial charge is 0.309 e. The van der Waals surface area contributed by atoms with Crippen molar-refractivity contribution in [1.82, 2.24) is 24.1 Å². The van der Waals surface area contributed by atoms with Gasteiger partial charge < -0.3 is 4.57 Å². The van der Waals surface area contributed by atoms with Crippen molar-refractivity contribution in [3.05, 3.63) is 200 Å². The minimum atomic E-state index is 0.578. The van der Waals surface area contributed by atoms with Crippen molar-refractivity contribution in [3.8, 4) is 56.7 Å². The van der Waals surface area contributed by atoms with Crippen LogP contribution in [0.3, 0.4) is 0 Å². The number of para-hydroxylation sites is 2. The van der Waals surface area contributed by atoms with Gasteiger partial charge in [0.05, 0.1) is 27.8 Å². The van der Waals surface area contributed by atoms with Crippen LogP contribution in [0.4, 0.5) is 0 Å². The van der Waals surface area contributed by atoms with E-state index >= 15 is 0 Å². The van der Waals surface area contributed by atoms with Crippen LogP contribution in [0.2, 0.25) is 0 Å². The average Bonchev–Trinajstić information content (AvgIpc) is 3.80. The van der Waals surface area contributed by atoms with Gasteiger partial charge in [0.15, 0.2) is 11.6 Å². The molecule has 0 fully saturated rings. The summed E-state index contributed by atoms with van der Waals surface area (Å²) < 4.78 is 4.66. The third-order valence-corrected chi connectivity index (χ3v) is 10.8. The summed E-state index contributed by atoms with van der Waals surface area (Å²) in [7, 11) is 0. The molecule has 3 heterocycles. The second kappa shape index (κ2) is 13.0. The van der Waals surface area contributed by atoms with Crippen molar-refractivity contribution in [1.29, 1.82) is 0 Å². The van der Waals surface area contributed by atoms with Crippen LogP contribution in [0.25, 0.3) is 100 Å². The third-order valence-electron chi connectivity index (χ3n) is 10.8. The molecule has 8 aromatic carbocycles. The summed E-state index contributed by atoms with van der Waals surface area (Å²) in [5.74, 6) is 1.84. The van der Waals surface area contributed by atoms with Crippen molar-refractivity contribution in [2.75, 3.05) is 0 Å². The molecule has 0 saturated heterocycles. The lowest BCUT2D eigenvalue weighted by Gasteiger charge is -2.18. The number of benzene rings is 8. The van der Waals surface area contributed by atoms with E-state index in [0.717, 1.165) is 49.7 Å². The van der Waals surface area contributed by atoms with Crippen molar-refractivity contribution in [2.24, 2.45) is 0 Å². The van der Waals surface area contributed by atoms with Gasteiger partial charge in [-0.2, -0.15) is 9.97 Å². The zero-order valence-electron chi connectivity index (χ0n) is 30.3. The highest BCUT2D eigenvalue weighted by molar-refractivity contribution is 6.29. The Balaban J connectivity index is 1.24. The van der Waals surface area contributed by atoms with Gasteiger partial charge in [-0.1, -0.05) is 170 Å². The smallest absolute Gasteiger partial charge is 0.238 e. The first-order valence-corrected chi connectivity index (χ1v) is 18.9. The van der Waals surface area contributed by atoms with Crippen molar-refractivity contribution < 1.29 is 0 Å². The quantitative estimate of drug-likeness (QED) is 0.172. The molecule has 5 nitrogen and oxygen atoms in total. The van der Waals surface area contributed by atoms with E-state index in [1.165, 1.54) is 33.0 Å². The lowest BCUT2D eigenvalue weighted by Crippen LogP contribution is -2.06. The predicted molar refractivity (Wildman–Crippen MR) is 230 cm³/mol. The maximum absolute atomic E-state index is 5.19. The fraction of sp³-hybridized carbons (Fsp3) is 0. The molecule has 0 radical (unpaired) electrons. The number of hydrogen-bond acceptors (Lipinski definition) is 3. The van der Waals surface area contributed by atoms with Gasteiger partial charge in [-0.25, -0.2) is 4.98 Å². The Morgan fingerprint density at radius 3 is 1.30 bits per heavy atom. The highest BCUT2D eigenvalue weighted by atomic mass is 15.2. The summed E-state index contributed by atoms with van der Waals surface area (Å²) in [5, 5.41) is 4.68. The van der Waals surface area contributed by atoms with Gasteiger partial charge in [-0.3, -0.25) is 4.57 Å². The Morgan fingerprint density at radius 1 is 0.304 bits per heavy atom. The molecule has 0 amide bonds. The molecule has 0 aliphatic heterocycles. The van der Waals surface area contributed by atoms with Crippen LogP contribution in [0.1, 0.15) is 0 Å². The molecule has 0 bridgehead atoms. The average molecular weight is 716 g/mol. The van der Waals surface area contributed by atoms with Crippen LogP contribution >= 0.6 is 0 Å². The highest BCUT2D eigenvalue weighted by Crippen LogP contribution is 2.45. The highest BCUT2D eigenvalue weighted by Gasteiger charge is 2.24. The molecule has 0 atom stereocenters. The minimum Gasteiger partial charge on any atom is -0.309 e. The van der Waals surface area contributed by atoms with E-state index in [9.17, 15) is 0 Å². The monoisotopic (exact) mass is 715 g/mol. The fourth-order valence-electron chi connectivity index (χ4n) is 8.38.